The van der Waals surface area contributed by atoms with E-state index in [-0.39, 0.29) is 5.69 Å². The molecule has 0 amide bonds. The minimum Gasteiger partial charge on any atom is -0.494 e. The first-order chi connectivity index (χ1) is 9.52. The third kappa shape index (κ3) is 3.30. The van der Waals surface area contributed by atoms with Crippen LogP contribution in [0.5, 0.6) is 5.75 Å². The first-order valence-corrected chi connectivity index (χ1v) is 7.31. The molecule has 0 heterocycles. The predicted molar refractivity (Wildman–Crippen MR) is 82.1 cm³/mol. The highest BCUT2D eigenvalue weighted by Crippen LogP contribution is 2.34. The first-order valence-electron chi connectivity index (χ1n) is 5.72. The summed E-state index contributed by atoms with van der Waals surface area (Å²) in [6.07, 6.45) is 0. The Morgan fingerprint density at radius 2 is 1.65 bits per heavy atom. The van der Waals surface area contributed by atoms with Crippen molar-refractivity contribution in [2.24, 2.45) is 0 Å². The molecule has 0 spiro atoms. The smallest absolute Gasteiger partial charge is 0.149 e. The van der Waals surface area contributed by atoms with Gasteiger partial charge in [-0.3, -0.25) is 0 Å². The third-order valence-electron chi connectivity index (χ3n) is 2.69. The van der Waals surface area contributed by atoms with Crippen LogP contribution in [0, 0.1) is 11.6 Å². The fourth-order valence-electron chi connectivity index (χ4n) is 1.77. The number of nitrogens with one attached hydrogen (secondary N) is 1. The van der Waals surface area contributed by atoms with Gasteiger partial charge in [0.1, 0.15) is 23.1 Å². The van der Waals surface area contributed by atoms with Crippen LogP contribution in [0.3, 0.4) is 0 Å². The lowest BCUT2D eigenvalue weighted by molar-refractivity contribution is 0.409. The average molecular weight is 407 g/mol. The minimum atomic E-state index is -0.614. The minimum absolute atomic E-state index is 0.129. The van der Waals surface area contributed by atoms with Gasteiger partial charge in [0, 0.05) is 6.54 Å². The van der Waals surface area contributed by atoms with E-state index in [2.05, 4.69) is 37.2 Å². The maximum atomic E-state index is 13.5. The molecule has 2 aromatic rings. The number of para-hydroxylation sites is 1. The SMILES string of the molecule is COc1c(Br)cc(CNc2c(F)cccc2F)cc1Br. The van der Waals surface area contributed by atoms with E-state index in [1.807, 2.05) is 12.1 Å². The van der Waals surface area contributed by atoms with E-state index < -0.39 is 11.6 Å². The van der Waals surface area contributed by atoms with Crippen molar-refractivity contribution >= 4 is 37.5 Å². The molecule has 20 heavy (non-hydrogen) atoms. The summed E-state index contributed by atoms with van der Waals surface area (Å²) in [5.41, 5.74) is 0.725. The van der Waals surface area contributed by atoms with Crippen molar-refractivity contribution in [3.05, 3.63) is 56.5 Å². The maximum absolute atomic E-state index is 13.5. The highest BCUT2D eigenvalue weighted by Gasteiger charge is 2.10. The lowest BCUT2D eigenvalue weighted by Crippen LogP contribution is -2.04. The summed E-state index contributed by atoms with van der Waals surface area (Å²) >= 11 is 6.76. The molecule has 0 aliphatic heterocycles. The van der Waals surface area contributed by atoms with Gasteiger partial charge in [0.2, 0.25) is 0 Å². The molecule has 1 N–H and O–H groups in total. The standard InChI is InChI=1S/C14H11Br2F2NO/c1-20-14-9(15)5-8(6-10(14)16)7-19-13-11(17)3-2-4-12(13)18/h2-6,19H,7H2,1H3. The van der Waals surface area contributed by atoms with Crippen molar-refractivity contribution in [3.63, 3.8) is 0 Å². The lowest BCUT2D eigenvalue weighted by Gasteiger charge is -2.12. The van der Waals surface area contributed by atoms with E-state index in [4.69, 9.17) is 4.74 Å². The molecule has 0 aliphatic carbocycles. The van der Waals surface area contributed by atoms with Gasteiger partial charge < -0.3 is 10.1 Å². The summed E-state index contributed by atoms with van der Waals surface area (Å²) in [7, 11) is 1.57. The van der Waals surface area contributed by atoms with Crippen molar-refractivity contribution in [1.29, 1.82) is 0 Å². The van der Waals surface area contributed by atoms with Crippen LogP contribution in [0.2, 0.25) is 0 Å². The largest absolute Gasteiger partial charge is 0.494 e. The highest BCUT2D eigenvalue weighted by atomic mass is 79.9. The summed E-state index contributed by atoms with van der Waals surface area (Å²) in [4.78, 5) is 0. The summed E-state index contributed by atoms with van der Waals surface area (Å²) in [5, 5.41) is 2.76. The van der Waals surface area contributed by atoms with Crippen molar-refractivity contribution in [2.45, 2.75) is 6.54 Å². The molecule has 0 bridgehead atoms. The number of anilines is 1. The molecular weight excluding hydrogens is 396 g/mol. The van der Waals surface area contributed by atoms with Crippen molar-refractivity contribution < 1.29 is 13.5 Å². The Hall–Kier alpha value is -1.14. The number of hydrogen-bond donors (Lipinski definition) is 1. The summed E-state index contributed by atoms with van der Waals surface area (Å²) < 4.78 is 33.7. The number of methoxy groups -OCH3 is 1. The topological polar surface area (TPSA) is 21.3 Å². The molecule has 0 saturated carbocycles. The van der Waals surface area contributed by atoms with E-state index in [1.165, 1.54) is 18.2 Å². The lowest BCUT2D eigenvalue weighted by atomic mass is 10.2. The van der Waals surface area contributed by atoms with E-state index in [9.17, 15) is 8.78 Å². The fourth-order valence-corrected chi connectivity index (χ4v) is 3.37. The second-order valence-corrected chi connectivity index (χ2v) is 5.75. The van der Waals surface area contributed by atoms with Gasteiger partial charge >= 0.3 is 0 Å². The van der Waals surface area contributed by atoms with Crippen LogP contribution in [0.1, 0.15) is 5.56 Å². The Morgan fingerprint density at radius 3 is 2.15 bits per heavy atom. The number of halogens is 4. The van der Waals surface area contributed by atoms with Crippen LogP contribution in [-0.2, 0) is 6.54 Å². The zero-order valence-electron chi connectivity index (χ0n) is 10.5. The van der Waals surface area contributed by atoms with Crippen LogP contribution in [0.15, 0.2) is 39.3 Å². The average Bonchev–Trinajstić information content (AvgIpc) is 2.38. The van der Waals surface area contributed by atoms with E-state index >= 15 is 0 Å². The van der Waals surface area contributed by atoms with Crippen molar-refractivity contribution in [1.82, 2.24) is 0 Å². The van der Waals surface area contributed by atoms with Gasteiger partial charge in [-0.25, -0.2) is 8.78 Å². The number of hydrogen-bond acceptors (Lipinski definition) is 2. The van der Waals surface area contributed by atoms with Gasteiger partial charge in [0.25, 0.3) is 0 Å². The molecule has 0 saturated heterocycles. The molecule has 0 aromatic heterocycles. The molecule has 0 atom stereocenters. The van der Waals surface area contributed by atoms with Gasteiger partial charge in [-0.1, -0.05) is 6.07 Å². The van der Waals surface area contributed by atoms with Crippen LogP contribution in [0.4, 0.5) is 14.5 Å². The molecule has 2 nitrogen and oxygen atoms in total. The molecule has 0 radical (unpaired) electrons. The maximum Gasteiger partial charge on any atom is 0.149 e. The molecule has 106 valence electrons. The molecule has 0 aliphatic rings. The summed E-state index contributed by atoms with van der Waals surface area (Å²) in [6.45, 7) is 0.291. The van der Waals surface area contributed by atoms with Gasteiger partial charge in [0.05, 0.1) is 16.1 Å². The second-order valence-electron chi connectivity index (χ2n) is 4.04. The quantitative estimate of drug-likeness (QED) is 0.761. The Balaban J connectivity index is 2.20. The third-order valence-corrected chi connectivity index (χ3v) is 3.87. The van der Waals surface area contributed by atoms with Gasteiger partial charge in [0.15, 0.2) is 0 Å². The fraction of sp³-hybridized carbons (Fsp3) is 0.143. The number of rotatable bonds is 4. The van der Waals surface area contributed by atoms with Crippen LogP contribution in [0.25, 0.3) is 0 Å². The number of ether oxygens (including phenoxy) is 1. The summed E-state index contributed by atoms with van der Waals surface area (Å²) in [6, 6.07) is 7.41. The Labute approximate surface area is 132 Å². The monoisotopic (exact) mass is 405 g/mol. The van der Waals surface area contributed by atoms with Gasteiger partial charge in [-0.2, -0.15) is 0 Å². The van der Waals surface area contributed by atoms with Crippen molar-refractivity contribution in [3.8, 4) is 5.75 Å². The predicted octanol–water partition coefficient (Wildman–Crippen LogP) is 5.11. The number of benzene rings is 2. The normalized spacial score (nSPS) is 10.4. The Bertz CT molecular complexity index is 591. The molecular formula is C14H11Br2F2NO. The van der Waals surface area contributed by atoms with Crippen LogP contribution < -0.4 is 10.1 Å². The first kappa shape index (κ1) is 15.3. The van der Waals surface area contributed by atoms with Crippen molar-refractivity contribution in [2.75, 3.05) is 12.4 Å². The Kier molecular flexibility index (Phi) is 4.99. The van der Waals surface area contributed by atoms with Gasteiger partial charge in [-0.15, -0.1) is 0 Å². The molecule has 0 unspecified atom stereocenters. The highest BCUT2D eigenvalue weighted by molar-refractivity contribution is 9.11. The molecule has 2 aromatic carbocycles. The second kappa shape index (κ2) is 6.54. The molecule has 6 heteroatoms. The van der Waals surface area contributed by atoms with E-state index in [0.29, 0.717) is 12.3 Å². The zero-order chi connectivity index (χ0) is 14.7. The molecule has 0 fully saturated rings. The van der Waals surface area contributed by atoms with E-state index in [1.54, 1.807) is 7.11 Å². The Morgan fingerprint density at radius 1 is 1.10 bits per heavy atom. The van der Waals surface area contributed by atoms with Crippen LogP contribution in [-0.4, -0.2) is 7.11 Å². The summed E-state index contributed by atoms with van der Waals surface area (Å²) in [5.74, 6) is -0.556. The zero-order valence-corrected chi connectivity index (χ0v) is 13.7. The van der Waals surface area contributed by atoms with E-state index in [0.717, 1.165) is 14.5 Å². The van der Waals surface area contributed by atoms with Gasteiger partial charge in [-0.05, 0) is 61.7 Å². The molecule has 2 rings (SSSR count). The van der Waals surface area contributed by atoms with Crippen LogP contribution >= 0.6 is 31.9 Å².